The van der Waals surface area contributed by atoms with Gasteiger partial charge in [0.2, 0.25) is 0 Å². The molecule has 4 aromatic carbocycles. The Balaban J connectivity index is 0.00000240. The summed E-state index contributed by atoms with van der Waals surface area (Å²) < 4.78 is 0. The fraction of sp³-hybridized carbons (Fsp3) is 0.111. The summed E-state index contributed by atoms with van der Waals surface area (Å²) in [5, 5.41) is 4.31. The van der Waals surface area contributed by atoms with Crippen molar-refractivity contribution in [2.45, 2.75) is 20.0 Å². The number of rotatable bonds is 5. The summed E-state index contributed by atoms with van der Waals surface area (Å²) in [6, 6.07) is 40.2. The van der Waals surface area contributed by atoms with Crippen LogP contribution in [0.2, 0.25) is 0 Å². The Morgan fingerprint density at radius 3 is 1.34 bits per heavy atom. The molecule has 0 radical (unpaired) electrons. The number of halogens is 1. The SMILES string of the molecule is Cc1ccc(C[P+](c2ccccc2)(c2ccccc2)c2ccccc2)c(C)c1.[Cl-]. The molecular weight excluding hydrogens is 391 g/mol. The monoisotopic (exact) mass is 416 g/mol. The topological polar surface area (TPSA) is 0 Å². The van der Waals surface area contributed by atoms with Gasteiger partial charge in [0.15, 0.2) is 0 Å². The van der Waals surface area contributed by atoms with Crippen molar-refractivity contribution in [1.29, 1.82) is 0 Å². The first kappa shape index (κ1) is 21.3. The average molecular weight is 417 g/mol. The Bertz CT molecular complexity index is 947. The average Bonchev–Trinajstić information content (AvgIpc) is 2.75. The molecule has 4 rings (SSSR count). The second-order valence-electron chi connectivity index (χ2n) is 7.40. The Morgan fingerprint density at radius 1 is 0.552 bits per heavy atom. The van der Waals surface area contributed by atoms with Crippen molar-refractivity contribution in [3.8, 4) is 0 Å². The smallest absolute Gasteiger partial charge is 0.116 e. The zero-order valence-corrected chi connectivity index (χ0v) is 18.6. The fourth-order valence-electron chi connectivity index (χ4n) is 4.05. The van der Waals surface area contributed by atoms with Crippen LogP contribution < -0.4 is 28.3 Å². The highest BCUT2D eigenvalue weighted by Crippen LogP contribution is 2.58. The molecule has 146 valence electrons. The maximum Gasteiger partial charge on any atom is 0.116 e. The van der Waals surface area contributed by atoms with Gasteiger partial charge in [0, 0.05) is 0 Å². The van der Waals surface area contributed by atoms with E-state index >= 15 is 0 Å². The molecule has 0 aliphatic heterocycles. The van der Waals surface area contributed by atoms with E-state index in [1.165, 1.54) is 32.6 Å². The third kappa shape index (κ3) is 4.30. The zero-order valence-electron chi connectivity index (χ0n) is 16.9. The van der Waals surface area contributed by atoms with Gasteiger partial charge in [0.1, 0.15) is 23.2 Å². The van der Waals surface area contributed by atoms with E-state index in [0.29, 0.717) is 0 Å². The molecule has 29 heavy (non-hydrogen) atoms. The maximum atomic E-state index is 2.33. The molecule has 0 aliphatic rings. The summed E-state index contributed by atoms with van der Waals surface area (Å²) >= 11 is 0. The van der Waals surface area contributed by atoms with Crippen LogP contribution >= 0.6 is 7.26 Å². The van der Waals surface area contributed by atoms with Crippen LogP contribution in [0.5, 0.6) is 0 Å². The summed E-state index contributed by atoms with van der Waals surface area (Å²) in [5.41, 5.74) is 4.15. The lowest BCUT2D eigenvalue weighted by atomic mass is 10.1. The van der Waals surface area contributed by atoms with Gasteiger partial charge < -0.3 is 12.4 Å². The van der Waals surface area contributed by atoms with Crippen LogP contribution in [0, 0.1) is 13.8 Å². The standard InChI is InChI=1S/C27H26P.ClH/c1-22-18-19-24(23(2)20-22)21-28(25-12-6-3-7-13-25,26-14-8-4-9-15-26)27-16-10-5-11-17-27;/h3-20H,21H2,1-2H3;1H/q+1;/p-1. The van der Waals surface area contributed by atoms with Gasteiger partial charge in [0.05, 0.1) is 6.16 Å². The van der Waals surface area contributed by atoms with Gasteiger partial charge in [-0.1, -0.05) is 78.4 Å². The molecule has 0 spiro atoms. The normalized spacial score (nSPS) is 11.0. The molecule has 0 saturated carbocycles. The molecule has 0 heterocycles. The summed E-state index contributed by atoms with van der Waals surface area (Å²) in [7, 11) is -1.82. The summed E-state index contributed by atoms with van der Waals surface area (Å²) in [4.78, 5) is 0. The minimum absolute atomic E-state index is 0. The van der Waals surface area contributed by atoms with E-state index in [9.17, 15) is 0 Å². The van der Waals surface area contributed by atoms with E-state index in [1.54, 1.807) is 0 Å². The second kappa shape index (κ2) is 9.40. The van der Waals surface area contributed by atoms with Crippen molar-refractivity contribution >= 4 is 23.2 Å². The molecular formula is C27H26ClP. The number of aryl methyl sites for hydroxylation is 2. The lowest BCUT2D eigenvalue weighted by molar-refractivity contribution is -0.00000560. The van der Waals surface area contributed by atoms with Crippen LogP contribution in [0.25, 0.3) is 0 Å². The molecule has 4 aromatic rings. The summed E-state index contributed by atoms with van der Waals surface area (Å²) in [6.45, 7) is 4.42. The highest BCUT2D eigenvalue weighted by Gasteiger charge is 2.45. The molecule has 2 heteroatoms. The van der Waals surface area contributed by atoms with Crippen molar-refractivity contribution in [2.75, 3.05) is 0 Å². The Kier molecular flexibility index (Phi) is 6.91. The summed E-state index contributed by atoms with van der Waals surface area (Å²) in [5.74, 6) is 0. The molecule has 0 amide bonds. The van der Waals surface area contributed by atoms with Gasteiger partial charge in [0.25, 0.3) is 0 Å². The van der Waals surface area contributed by atoms with Gasteiger partial charge in [-0.05, 0) is 61.4 Å². The Morgan fingerprint density at radius 2 is 0.966 bits per heavy atom. The molecule has 0 nitrogen and oxygen atoms in total. The van der Waals surface area contributed by atoms with Crippen LogP contribution in [0.1, 0.15) is 16.7 Å². The fourth-order valence-corrected chi connectivity index (χ4v) is 8.40. The van der Waals surface area contributed by atoms with E-state index in [2.05, 4.69) is 123 Å². The minimum atomic E-state index is -1.82. The Labute approximate surface area is 181 Å². The zero-order chi connectivity index (χ0) is 19.4. The third-order valence-corrected chi connectivity index (χ3v) is 9.85. The largest absolute Gasteiger partial charge is 1.00 e. The van der Waals surface area contributed by atoms with Crippen LogP contribution in [-0.2, 0) is 6.16 Å². The lowest BCUT2D eigenvalue weighted by Crippen LogP contribution is -3.00. The van der Waals surface area contributed by atoms with Crippen LogP contribution in [0.15, 0.2) is 109 Å². The van der Waals surface area contributed by atoms with E-state index in [-0.39, 0.29) is 12.4 Å². The molecule has 0 aromatic heterocycles. The van der Waals surface area contributed by atoms with Crippen molar-refractivity contribution in [3.63, 3.8) is 0 Å². The minimum Gasteiger partial charge on any atom is -1.00 e. The Hall–Kier alpha value is -2.40. The van der Waals surface area contributed by atoms with E-state index < -0.39 is 7.26 Å². The van der Waals surface area contributed by atoms with Crippen LogP contribution in [0.3, 0.4) is 0 Å². The number of benzene rings is 4. The van der Waals surface area contributed by atoms with Crippen molar-refractivity contribution < 1.29 is 12.4 Å². The lowest BCUT2D eigenvalue weighted by Gasteiger charge is -2.28. The molecule has 0 bridgehead atoms. The number of hydrogen-bond donors (Lipinski definition) is 0. The molecule has 0 unspecified atom stereocenters. The predicted octanol–water partition coefficient (Wildman–Crippen LogP) is 2.80. The summed E-state index contributed by atoms with van der Waals surface area (Å²) in [6.07, 6.45) is 1.04. The number of hydrogen-bond acceptors (Lipinski definition) is 0. The molecule has 0 fully saturated rings. The van der Waals surface area contributed by atoms with Crippen molar-refractivity contribution in [2.24, 2.45) is 0 Å². The molecule has 0 N–H and O–H groups in total. The molecule has 0 aliphatic carbocycles. The highest BCUT2D eigenvalue weighted by molar-refractivity contribution is 7.95. The third-order valence-electron chi connectivity index (χ3n) is 5.50. The van der Waals surface area contributed by atoms with Crippen LogP contribution in [-0.4, -0.2) is 0 Å². The van der Waals surface area contributed by atoms with E-state index in [4.69, 9.17) is 0 Å². The van der Waals surface area contributed by atoms with Gasteiger partial charge in [-0.25, -0.2) is 0 Å². The quantitative estimate of drug-likeness (QED) is 0.439. The first-order chi connectivity index (χ1) is 13.7. The molecule has 0 atom stereocenters. The highest BCUT2D eigenvalue weighted by atomic mass is 35.5. The van der Waals surface area contributed by atoms with E-state index in [0.717, 1.165) is 6.16 Å². The maximum absolute atomic E-state index is 2.33. The van der Waals surface area contributed by atoms with Crippen molar-refractivity contribution in [3.05, 3.63) is 126 Å². The first-order valence-electron chi connectivity index (χ1n) is 9.81. The second-order valence-corrected chi connectivity index (χ2v) is 10.9. The van der Waals surface area contributed by atoms with Gasteiger partial charge in [-0.3, -0.25) is 0 Å². The van der Waals surface area contributed by atoms with Crippen molar-refractivity contribution in [1.82, 2.24) is 0 Å². The van der Waals surface area contributed by atoms with Gasteiger partial charge in [-0.15, -0.1) is 0 Å². The van der Waals surface area contributed by atoms with Gasteiger partial charge in [-0.2, -0.15) is 0 Å². The predicted molar refractivity (Wildman–Crippen MR) is 125 cm³/mol. The van der Waals surface area contributed by atoms with Gasteiger partial charge >= 0.3 is 0 Å². The first-order valence-corrected chi connectivity index (χ1v) is 11.8. The van der Waals surface area contributed by atoms with Crippen LogP contribution in [0.4, 0.5) is 0 Å². The molecule has 0 saturated heterocycles. The van der Waals surface area contributed by atoms with E-state index in [1.807, 2.05) is 0 Å².